The van der Waals surface area contributed by atoms with Crippen molar-refractivity contribution in [3.63, 3.8) is 0 Å². The molecule has 3 aromatic rings. The molecule has 0 spiro atoms. The van der Waals surface area contributed by atoms with Crippen molar-refractivity contribution < 1.29 is 19.1 Å². The van der Waals surface area contributed by atoms with Crippen molar-refractivity contribution in [2.24, 2.45) is 0 Å². The van der Waals surface area contributed by atoms with Gasteiger partial charge in [-0.1, -0.05) is 24.3 Å². The Labute approximate surface area is 230 Å². The molecule has 8 heteroatoms. The summed E-state index contributed by atoms with van der Waals surface area (Å²) in [7, 11) is 1.66. The van der Waals surface area contributed by atoms with Crippen LogP contribution >= 0.6 is 0 Å². The molecule has 5 rings (SSSR count). The molecule has 0 aromatic heterocycles. The van der Waals surface area contributed by atoms with Gasteiger partial charge in [-0.15, -0.1) is 0 Å². The molecule has 3 aromatic carbocycles. The van der Waals surface area contributed by atoms with Crippen molar-refractivity contribution in [2.45, 2.75) is 19.5 Å². The van der Waals surface area contributed by atoms with Crippen molar-refractivity contribution >= 4 is 23.2 Å². The number of carbonyl (C=O) groups excluding carboxylic acids is 2. The van der Waals surface area contributed by atoms with Gasteiger partial charge in [0.05, 0.1) is 7.11 Å². The van der Waals surface area contributed by atoms with E-state index in [2.05, 4.69) is 22.3 Å². The predicted octanol–water partition coefficient (Wildman–Crippen LogP) is 4.65. The molecule has 0 bridgehead atoms. The van der Waals surface area contributed by atoms with Crippen LogP contribution in [0.4, 0.5) is 11.4 Å². The van der Waals surface area contributed by atoms with Gasteiger partial charge < -0.3 is 29.5 Å². The van der Waals surface area contributed by atoms with Crippen LogP contribution in [-0.4, -0.2) is 74.7 Å². The van der Waals surface area contributed by atoms with Crippen molar-refractivity contribution in [3.8, 4) is 5.75 Å². The summed E-state index contributed by atoms with van der Waals surface area (Å²) in [5, 5.41) is 3.53. The van der Waals surface area contributed by atoms with Gasteiger partial charge in [-0.2, -0.15) is 0 Å². The Kier molecular flexibility index (Phi) is 8.32. The molecule has 2 heterocycles. The van der Waals surface area contributed by atoms with E-state index in [1.165, 1.54) is 0 Å². The second-order valence-corrected chi connectivity index (χ2v) is 9.74. The number of ether oxygens (including phenoxy) is 2. The maximum Gasteiger partial charge on any atom is 0.256 e. The lowest BCUT2D eigenvalue weighted by atomic mass is 10.1. The molecule has 204 valence electrons. The summed E-state index contributed by atoms with van der Waals surface area (Å²) < 4.78 is 10.8. The number of carbonyl (C=O) groups is 2. The fraction of sp³-hybridized carbons (Fsp3) is 0.355. The third kappa shape index (κ3) is 5.86. The maximum atomic E-state index is 13.4. The van der Waals surface area contributed by atoms with E-state index in [1.807, 2.05) is 77.4 Å². The first-order chi connectivity index (χ1) is 19.1. The Balaban J connectivity index is 1.25. The van der Waals surface area contributed by atoms with Gasteiger partial charge in [0, 0.05) is 74.0 Å². The smallest absolute Gasteiger partial charge is 0.256 e. The molecule has 1 N–H and O–H groups in total. The van der Waals surface area contributed by atoms with Gasteiger partial charge in [-0.05, 0) is 61.9 Å². The second-order valence-electron chi connectivity index (χ2n) is 9.74. The lowest BCUT2D eigenvalue weighted by Gasteiger charge is -2.36. The van der Waals surface area contributed by atoms with Crippen LogP contribution in [0.2, 0.25) is 0 Å². The minimum absolute atomic E-state index is 0.0153. The van der Waals surface area contributed by atoms with Crippen molar-refractivity contribution in [3.05, 3.63) is 89.5 Å². The van der Waals surface area contributed by atoms with Gasteiger partial charge >= 0.3 is 0 Å². The summed E-state index contributed by atoms with van der Waals surface area (Å²) in [6.07, 6.45) is 0.459. The molecule has 2 aliphatic heterocycles. The number of piperazine rings is 1. The van der Waals surface area contributed by atoms with Gasteiger partial charge in [-0.3, -0.25) is 9.59 Å². The van der Waals surface area contributed by atoms with E-state index < -0.39 is 0 Å². The number of nitrogens with zero attached hydrogens (tertiary/aromatic N) is 3. The van der Waals surface area contributed by atoms with Crippen LogP contribution < -0.4 is 15.0 Å². The van der Waals surface area contributed by atoms with Gasteiger partial charge in [-0.25, -0.2) is 0 Å². The number of rotatable bonds is 10. The molecule has 2 aliphatic rings. The quantitative estimate of drug-likeness (QED) is 0.386. The molecule has 0 aliphatic carbocycles. The maximum absolute atomic E-state index is 13.4. The average molecular weight is 529 g/mol. The number of anilines is 2. The highest BCUT2D eigenvalue weighted by molar-refractivity contribution is 5.99. The van der Waals surface area contributed by atoms with Crippen molar-refractivity contribution in [2.75, 3.05) is 63.3 Å². The Bertz CT molecular complexity index is 1290. The highest BCUT2D eigenvalue weighted by Crippen LogP contribution is 2.34. The molecule has 1 fully saturated rings. The first-order valence-electron chi connectivity index (χ1n) is 13.6. The van der Waals surface area contributed by atoms with Crippen LogP contribution in [0.25, 0.3) is 0 Å². The summed E-state index contributed by atoms with van der Waals surface area (Å²) in [6, 6.07) is 23.3. The fourth-order valence-electron chi connectivity index (χ4n) is 5.28. The van der Waals surface area contributed by atoms with Crippen LogP contribution in [0.5, 0.6) is 5.75 Å². The third-order valence-electron chi connectivity index (χ3n) is 7.37. The summed E-state index contributed by atoms with van der Waals surface area (Å²) in [5.74, 6) is 0.867. The predicted molar refractivity (Wildman–Crippen MR) is 153 cm³/mol. The number of fused-ring (bicyclic) bond motifs is 1. The van der Waals surface area contributed by atoms with Gasteiger partial charge in [0.2, 0.25) is 0 Å². The topological polar surface area (TPSA) is 74.4 Å². The van der Waals surface area contributed by atoms with Crippen molar-refractivity contribution in [1.82, 2.24) is 9.80 Å². The summed E-state index contributed by atoms with van der Waals surface area (Å²) in [6.45, 7) is 6.67. The summed E-state index contributed by atoms with van der Waals surface area (Å²) in [4.78, 5) is 32.7. The summed E-state index contributed by atoms with van der Waals surface area (Å²) >= 11 is 0. The van der Waals surface area contributed by atoms with E-state index in [4.69, 9.17) is 9.47 Å². The van der Waals surface area contributed by atoms with E-state index in [-0.39, 0.29) is 18.0 Å². The minimum Gasteiger partial charge on any atom is -0.497 e. The molecule has 1 unspecified atom stereocenters. The molecular weight excluding hydrogens is 492 g/mol. The van der Waals surface area contributed by atoms with E-state index in [0.29, 0.717) is 44.0 Å². The monoisotopic (exact) mass is 528 g/mol. The van der Waals surface area contributed by atoms with Crippen LogP contribution in [0, 0.1) is 0 Å². The second kappa shape index (κ2) is 12.2. The van der Waals surface area contributed by atoms with E-state index in [0.717, 1.165) is 42.2 Å². The van der Waals surface area contributed by atoms with Crippen LogP contribution in [-0.2, 0) is 4.74 Å². The average Bonchev–Trinajstić information content (AvgIpc) is 3.25. The number of methoxy groups -OCH3 is 1. The highest BCUT2D eigenvalue weighted by Gasteiger charge is 2.36. The molecule has 39 heavy (non-hydrogen) atoms. The zero-order valence-electron chi connectivity index (χ0n) is 22.6. The minimum atomic E-state index is -0.297. The Morgan fingerprint density at radius 1 is 0.974 bits per heavy atom. The first-order valence-corrected chi connectivity index (χ1v) is 13.6. The zero-order valence-corrected chi connectivity index (χ0v) is 22.6. The number of nitrogens with one attached hydrogen (secondary N) is 1. The van der Waals surface area contributed by atoms with Gasteiger partial charge in [0.15, 0.2) is 0 Å². The van der Waals surface area contributed by atoms with Crippen LogP contribution in [0.3, 0.4) is 0 Å². The largest absolute Gasteiger partial charge is 0.497 e. The van der Waals surface area contributed by atoms with Crippen LogP contribution in [0.15, 0.2) is 72.8 Å². The molecule has 1 atom stereocenters. The zero-order chi connectivity index (χ0) is 27.2. The van der Waals surface area contributed by atoms with E-state index in [1.54, 1.807) is 7.11 Å². The lowest BCUT2D eigenvalue weighted by molar-refractivity contribution is 0.0706. The van der Waals surface area contributed by atoms with Gasteiger partial charge in [0.1, 0.15) is 11.9 Å². The molecule has 8 nitrogen and oxygen atoms in total. The SMILES string of the molecule is CCOCCCN1C(=O)c2ccccc2C1Nc1cccc(C(=O)N2CCN(c3ccc(OC)cc3)CC2)c1. The summed E-state index contributed by atoms with van der Waals surface area (Å²) in [5.41, 5.74) is 4.24. The van der Waals surface area contributed by atoms with Crippen LogP contribution in [0.1, 0.15) is 45.8 Å². The Morgan fingerprint density at radius 2 is 1.74 bits per heavy atom. The van der Waals surface area contributed by atoms with Crippen molar-refractivity contribution in [1.29, 1.82) is 0 Å². The molecule has 2 amide bonds. The molecule has 0 saturated carbocycles. The third-order valence-corrected chi connectivity index (χ3v) is 7.37. The van der Waals surface area contributed by atoms with Gasteiger partial charge in [0.25, 0.3) is 11.8 Å². The molecule has 0 radical (unpaired) electrons. The number of amides is 2. The number of hydrogen-bond donors (Lipinski definition) is 1. The number of hydrogen-bond acceptors (Lipinski definition) is 6. The first kappa shape index (κ1) is 26.6. The van der Waals surface area contributed by atoms with E-state index >= 15 is 0 Å². The highest BCUT2D eigenvalue weighted by atomic mass is 16.5. The Hall–Kier alpha value is -4.04. The Morgan fingerprint density at radius 3 is 2.49 bits per heavy atom. The van der Waals surface area contributed by atoms with E-state index in [9.17, 15) is 9.59 Å². The normalized spacial score (nSPS) is 16.8. The molecular formula is C31H36N4O4. The lowest BCUT2D eigenvalue weighted by Crippen LogP contribution is -2.48. The standard InChI is InChI=1S/C31H36N4O4/c1-3-39-21-7-16-35-29(27-10-4-5-11-28(27)31(35)37)32-24-9-6-8-23(22-24)30(36)34-19-17-33(18-20-34)25-12-14-26(38-2)15-13-25/h4-6,8-15,22,29,32H,3,7,16-21H2,1-2H3. The fourth-order valence-corrected chi connectivity index (χ4v) is 5.28. The molecule has 1 saturated heterocycles. The number of benzene rings is 3.